The van der Waals surface area contributed by atoms with Crippen LogP contribution in [0.15, 0.2) is 96.3 Å². The van der Waals surface area contributed by atoms with Gasteiger partial charge in [-0.25, -0.2) is 19.0 Å². The van der Waals surface area contributed by atoms with E-state index in [4.69, 9.17) is 20.6 Å². The number of pyridine rings is 1. The van der Waals surface area contributed by atoms with Gasteiger partial charge in [-0.15, -0.1) is 0 Å². The Hall–Kier alpha value is -6.54. The van der Waals surface area contributed by atoms with Gasteiger partial charge >= 0.3 is 0 Å². The lowest BCUT2D eigenvalue weighted by molar-refractivity contribution is 0.0816. The van der Waals surface area contributed by atoms with E-state index in [1.54, 1.807) is 11.1 Å². The second-order valence-electron chi connectivity index (χ2n) is 16.3. The fourth-order valence-electron chi connectivity index (χ4n) is 8.72. The van der Waals surface area contributed by atoms with Crippen LogP contribution in [-0.4, -0.2) is 102 Å². The Bertz CT molecular complexity index is 2470. The number of nitrogens with two attached hydrogens (primary N) is 1. The molecule has 2 fully saturated rings. The molecule has 2 saturated heterocycles. The Kier molecular flexibility index (Phi) is 12.7. The highest BCUT2D eigenvalue weighted by Gasteiger charge is 2.28. The summed E-state index contributed by atoms with van der Waals surface area (Å²) >= 11 is 0. The van der Waals surface area contributed by atoms with Crippen molar-refractivity contribution in [2.45, 2.75) is 46.2 Å². The number of nitrogens with zero attached hydrogens (tertiary/aromatic N) is 8. The Morgan fingerprint density at radius 3 is 2.44 bits per heavy atom. The first kappa shape index (κ1) is 42.2. The molecule has 0 spiro atoms. The van der Waals surface area contributed by atoms with E-state index in [2.05, 4.69) is 49.3 Å². The smallest absolute Gasteiger partial charge is 0.255 e. The summed E-state index contributed by atoms with van der Waals surface area (Å²) in [6.07, 6.45) is 8.62. The maximum absolute atomic E-state index is 13.9. The quantitative estimate of drug-likeness (QED) is 0.0997. The zero-order chi connectivity index (χ0) is 43.3. The Morgan fingerprint density at radius 2 is 1.73 bits per heavy atom. The zero-order valence-electron chi connectivity index (χ0n) is 36.0. The predicted octanol–water partition coefficient (Wildman–Crippen LogP) is 6.57. The van der Waals surface area contributed by atoms with Crippen molar-refractivity contribution in [3.05, 3.63) is 131 Å². The summed E-state index contributed by atoms with van der Waals surface area (Å²) in [7, 11) is 3.31. The maximum Gasteiger partial charge on any atom is 0.255 e. The number of nitrogens with one attached hydrogen (secondary N) is 1. The van der Waals surface area contributed by atoms with Crippen LogP contribution in [-0.2, 0) is 13.1 Å². The number of aliphatic imine (C=N–C) groups is 1. The van der Waals surface area contributed by atoms with E-state index >= 15 is 0 Å². The molecule has 3 aliphatic heterocycles. The van der Waals surface area contributed by atoms with Gasteiger partial charge in [0, 0.05) is 89.0 Å². The average molecular weight is 839 g/mol. The number of fused-ring (bicyclic) bond motifs is 1. The number of hydrogen-bond acceptors (Lipinski definition) is 9. The Balaban J connectivity index is 0.891. The molecular formula is C48H55FN10O3. The van der Waals surface area contributed by atoms with Gasteiger partial charge in [-0.05, 0) is 91.8 Å². The summed E-state index contributed by atoms with van der Waals surface area (Å²) in [5.41, 5.74) is 14.7. The summed E-state index contributed by atoms with van der Waals surface area (Å²) in [5.74, 6) is 1.44. The van der Waals surface area contributed by atoms with Crippen LogP contribution in [0.3, 0.4) is 0 Å². The number of ether oxygens (including phenoxy) is 1. The predicted molar refractivity (Wildman–Crippen MR) is 242 cm³/mol. The molecule has 62 heavy (non-hydrogen) atoms. The molecule has 5 heterocycles. The van der Waals surface area contributed by atoms with Crippen LogP contribution in [0, 0.1) is 18.7 Å². The number of hydrogen-bond donors (Lipinski definition) is 2. The van der Waals surface area contributed by atoms with Crippen molar-refractivity contribution in [2.75, 3.05) is 69.8 Å². The molecule has 13 nitrogen and oxygen atoms in total. The highest BCUT2D eigenvalue weighted by Crippen LogP contribution is 2.31. The molecule has 2 amide bonds. The van der Waals surface area contributed by atoms with Gasteiger partial charge in [0.15, 0.2) is 0 Å². The Labute approximate surface area is 362 Å². The lowest BCUT2D eigenvalue weighted by atomic mass is 9.96. The molecule has 0 unspecified atom stereocenters. The summed E-state index contributed by atoms with van der Waals surface area (Å²) in [5, 5.41) is 7.91. The van der Waals surface area contributed by atoms with Gasteiger partial charge in [-0.3, -0.25) is 14.5 Å². The number of amides is 2. The van der Waals surface area contributed by atoms with Crippen molar-refractivity contribution in [1.29, 1.82) is 0 Å². The second kappa shape index (κ2) is 18.6. The molecule has 322 valence electrons. The van der Waals surface area contributed by atoms with E-state index in [-0.39, 0.29) is 18.0 Å². The number of amidine groups is 1. The summed E-state index contributed by atoms with van der Waals surface area (Å²) in [6.45, 7) is 12.1. The normalized spacial score (nSPS) is 16.4. The third kappa shape index (κ3) is 9.06. The molecule has 3 N–H and O–H groups in total. The number of halogens is 1. The average Bonchev–Trinajstić information content (AvgIpc) is 3.79. The third-order valence-corrected chi connectivity index (χ3v) is 12.3. The molecule has 0 radical (unpaired) electrons. The number of aromatic nitrogens is 3. The first-order chi connectivity index (χ1) is 30.1. The number of piperidine rings is 1. The maximum atomic E-state index is 13.9. The van der Waals surface area contributed by atoms with Gasteiger partial charge in [-0.1, -0.05) is 37.3 Å². The topological polar surface area (TPSA) is 137 Å². The molecule has 2 aromatic heterocycles. The van der Waals surface area contributed by atoms with Crippen molar-refractivity contribution in [3.8, 4) is 22.7 Å². The monoisotopic (exact) mass is 838 g/mol. The van der Waals surface area contributed by atoms with Gasteiger partial charge in [-0.2, -0.15) is 5.10 Å². The molecule has 0 atom stereocenters. The van der Waals surface area contributed by atoms with Gasteiger partial charge in [0.05, 0.1) is 35.8 Å². The fraction of sp³-hybridized carbons (Fsp3) is 0.354. The van der Waals surface area contributed by atoms with Gasteiger partial charge in [0.1, 0.15) is 28.9 Å². The van der Waals surface area contributed by atoms with Crippen molar-refractivity contribution in [3.63, 3.8) is 0 Å². The van der Waals surface area contributed by atoms with Crippen molar-refractivity contribution < 1.29 is 18.7 Å². The molecular weight excluding hydrogens is 784 g/mol. The molecule has 8 rings (SSSR count). The zero-order valence-corrected chi connectivity index (χ0v) is 36.0. The highest BCUT2D eigenvalue weighted by atomic mass is 19.1. The van der Waals surface area contributed by atoms with Crippen LogP contribution in [0.2, 0.25) is 0 Å². The van der Waals surface area contributed by atoms with Crippen molar-refractivity contribution >= 4 is 29.2 Å². The molecule has 3 aliphatic rings. The van der Waals surface area contributed by atoms with E-state index in [0.717, 1.165) is 116 Å². The van der Waals surface area contributed by atoms with Gasteiger partial charge in [0.2, 0.25) is 0 Å². The minimum Gasteiger partial charge on any atom is -0.496 e. The molecule has 14 heteroatoms. The van der Waals surface area contributed by atoms with E-state index in [1.807, 2.05) is 68.2 Å². The SMILES string of the molecule is CC/C=C/N=C(N)c1c(-c2ccc(CNC(=O)c3cc(F)ccc3OC)cc2)nn(-c2ccc(N3CCC(CN4CCN(c5ccc6c(c5)CN(C)C6=O)CC4)CC3)nc2)c1C. The van der Waals surface area contributed by atoms with Crippen LogP contribution >= 0.6 is 0 Å². The lowest BCUT2D eigenvalue weighted by Crippen LogP contribution is -2.49. The minimum absolute atomic E-state index is 0.117. The lowest BCUT2D eigenvalue weighted by Gasteiger charge is -2.40. The number of allylic oxidation sites excluding steroid dienone is 1. The summed E-state index contributed by atoms with van der Waals surface area (Å²) in [4.78, 5) is 43.9. The largest absolute Gasteiger partial charge is 0.496 e. The molecule has 0 aliphatic carbocycles. The van der Waals surface area contributed by atoms with Crippen LogP contribution in [0.25, 0.3) is 16.9 Å². The summed E-state index contributed by atoms with van der Waals surface area (Å²) in [6, 6.07) is 22.0. The fourth-order valence-corrected chi connectivity index (χ4v) is 8.72. The number of carbonyl (C=O) groups excluding carboxylic acids is 2. The number of carbonyl (C=O) groups is 2. The number of methoxy groups -OCH3 is 1. The number of piperazine rings is 1. The second-order valence-corrected chi connectivity index (χ2v) is 16.3. The van der Waals surface area contributed by atoms with E-state index in [1.165, 1.54) is 24.9 Å². The molecule has 5 aromatic rings. The third-order valence-electron chi connectivity index (χ3n) is 12.3. The standard InChI is InChI=1S/C48H55FN10O3/c1-5-6-19-51-46(50)44-32(2)59(54-45(44)35-9-7-33(8-10-35)28-53-47(60)41-27-37(49)11-15-42(41)62-4)39-13-16-43(52-29-39)58-20-17-34(18-21-58)30-56-22-24-57(25-23-56)38-12-14-40-36(26-38)31-55(3)48(40)61/h6-16,19,26-27,29,34H,5,17-18,20-25,28,30-31H2,1-4H3,(H2,50,51)(H,53,60)/b19-6+. The van der Waals surface area contributed by atoms with Crippen LogP contribution in [0.4, 0.5) is 15.9 Å². The van der Waals surface area contributed by atoms with Gasteiger partial charge in [0.25, 0.3) is 11.8 Å². The van der Waals surface area contributed by atoms with E-state index in [9.17, 15) is 14.0 Å². The van der Waals surface area contributed by atoms with Gasteiger partial charge < -0.3 is 30.5 Å². The van der Waals surface area contributed by atoms with Crippen LogP contribution in [0.5, 0.6) is 5.75 Å². The molecule has 0 bridgehead atoms. The number of rotatable bonds is 13. The molecule has 3 aromatic carbocycles. The first-order valence-electron chi connectivity index (χ1n) is 21.5. The highest BCUT2D eigenvalue weighted by molar-refractivity contribution is 6.04. The van der Waals surface area contributed by atoms with Crippen molar-refractivity contribution in [1.82, 2.24) is 29.9 Å². The minimum atomic E-state index is -0.513. The number of benzene rings is 3. The molecule has 0 saturated carbocycles. The van der Waals surface area contributed by atoms with Crippen LogP contribution in [0.1, 0.15) is 69.3 Å². The Morgan fingerprint density at radius 1 is 0.968 bits per heavy atom. The van der Waals surface area contributed by atoms with Crippen molar-refractivity contribution in [2.24, 2.45) is 16.6 Å². The van der Waals surface area contributed by atoms with E-state index < -0.39 is 11.7 Å². The first-order valence-corrected chi connectivity index (χ1v) is 21.5. The van der Waals surface area contributed by atoms with Crippen LogP contribution < -0.4 is 25.6 Å². The van der Waals surface area contributed by atoms with E-state index in [0.29, 0.717) is 29.7 Å². The summed E-state index contributed by atoms with van der Waals surface area (Å²) < 4.78 is 21.0. The number of anilines is 2.